The van der Waals surface area contributed by atoms with Crippen LogP contribution in [0.4, 0.5) is 0 Å². The van der Waals surface area contributed by atoms with Crippen molar-refractivity contribution in [3.63, 3.8) is 0 Å². The minimum Gasteiger partial charge on any atom is -0.459 e. The number of aliphatic hydroxyl groups excluding tert-OH is 3. The summed E-state index contributed by atoms with van der Waals surface area (Å²) in [6, 6.07) is 9.38. The maximum atomic E-state index is 13.4. The highest BCUT2D eigenvalue weighted by molar-refractivity contribution is 5.81. The molecule has 3 unspecified atom stereocenters. The highest BCUT2D eigenvalue weighted by atomic mass is 16.7. The molecule has 1 aromatic heterocycles. The Bertz CT molecular complexity index is 1480. The number of likely N-dealkylation sites (N-methyl/N-ethyl adjacent to an activating group) is 1. The van der Waals surface area contributed by atoms with Crippen molar-refractivity contribution in [3.8, 4) is 0 Å². The van der Waals surface area contributed by atoms with Crippen LogP contribution in [-0.4, -0.2) is 151 Å². The molecule has 302 valence electrons. The average Bonchev–Trinajstić information content (AvgIpc) is 3.14. The van der Waals surface area contributed by atoms with E-state index in [2.05, 4.69) is 21.3 Å². The number of β-amino-alcohol motifs (C(OH)–C–C–N with tert-alkyl or cyclic N) is 1. The van der Waals surface area contributed by atoms with Gasteiger partial charge in [0, 0.05) is 44.6 Å². The van der Waals surface area contributed by atoms with E-state index in [1.165, 1.54) is 12.7 Å². The van der Waals surface area contributed by atoms with Gasteiger partial charge in [0.2, 0.25) is 5.91 Å². The predicted octanol–water partition coefficient (Wildman–Crippen LogP) is 2.09. The van der Waals surface area contributed by atoms with Crippen molar-refractivity contribution < 1.29 is 48.7 Å². The number of ether oxygens (including phenoxy) is 4. The van der Waals surface area contributed by atoms with E-state index < -0.39 is 66.9 Å². The molecule has 1 amide bonds. The SMILES string of the molecule is CCC(=O)O[C@@H]1CC(=O)NCCCN(CCCc2ccnc3ccccc23)C[C@H](O)[C@H](C)C[C@H](CC=O)[C@H](O[C@@H]2OC(C)[C@@H](O)C(N(C)C)C2O)[C@H]1OC. The van der Waals surface area contributed by atoms with Gasteiger partial charge in [0.15, 0.2) is 6.29 Å². The van der Waals surface area contributed by atoms with Crippen molar-refractivity contribution in [2.45, 2.75) is 121 Å². The molecular weight excluding hydrogens is 696 g/mol. The molecule has 14 nitrogen and oxygen atoms in total. The summed E-state index contributed by atoms with van der Waals surface area (Å²) in [5.41, 5.74) is 2.16. The summed E-state index contributed by atoms with van der Waals surface area (Å²) in [6.45, 7) is 7.34. The Morgan fingerprint density at radius 3 is 2.59 bits per heavy atom. The number of aryl methyl sites for hydroxylation is 1. The van der Waals surface area contributed by atoms with Crippen molar-refractivity contribution >= 4 is 29.1 Å². The van der Waals surface area contributed by atoms with Gasteiger partial charge in [0.25, 0.3) is 0 Å². The number of esters is 1. The van der Waals surface area contributed by atoms with Crippen LogP contribution in [0.5, 0.6) is 0 Å². The monoisotopic (exact) mass is 758 g/mol. The predicted molar refractivity (Wildman–Crippen MR) is 202 cm³/mol. The summed E-state index contributed by atoms with van der Waals surface area (Å²) in [5, 5.41) is 38.1. The molecule has 0 radical (unpaired) electrons. The second kappa shape index (κ2) is 21.3. The van der Waals surface area contributed by atoms with Crippen LogP contribution in [0.1, 0.15) is 64.9 Å². The number of benzene rings is 1. The summed E-state index contributed by atoms with van der Waals surface area (Å²) in [5.74, 6) is -1.83. The number of rotatable bonds is 12. The molecule has 2 aromatic rings. The Hall–Kier alpha value is -3.08. The smallest absolute Gasteiger partial charge is 0.305 e. The number of fused-ring (bicyclic) bond motifs is 1. The fourth-order valence-electron chi connectivity index (χ4n) is 7.84. The van der Waals surface area contributed by atoms with Crippen LogP contribution in [0.2, 0.25) is 0 Å². The number of amides is 1. The summed E-state index contributed by atoms with van der Waals surface area (Å²) in [6.07, 6.45) is -3.29. The van der Waals surface area contributed by atoms with Crippen molar-refractivity contribution in [2.24, 2.45) is 11.8 Å². The summed E-state index contributed by atoms with van der Waals surface area (Å²) in [7, 11) is 4.88. The number of pyridine rings is 1. The number of methoxy groups -OCH3 is 1. The maximum absolute atomic E-state index is 13.4. The number of nitrogens with zero attached hydrogens (tertiary/aromatic N) is 3. The molecule has 3 heterocycles. The first-order chi connectivity index (χ1) is 25.9. The zero-order valence-electron chi connectivity index (χ0n) is 32.7. The van der Waals surface area contributed by atoms with Crippen molar-refractivity contribution in [2.75, 3.05) is 47.4 Å². The molecule has 0 aliphatic carbocycles. The van der Waals surface area contributed by atoms with Gasteiger partial charge in [-0.2, -0.15) is 0 Å². The van der Waals surface area contributed by atoms with Crippen molar-refractivity contribution in [3.05, 3.63) is 42.1 Å². The normalized spacial score (nSPS) is 32.4. The molecule has 4 rings (SSSR count). The molecule has 14 heteroatoms. The summed E-state index contributed by atoms with van der Waals surface area (Å²) in [4.78, 5) is 46.9. The molecule has 54 heavy (non-hydrogen) atoms. The zero-order valence-corrected chi connectivity index (χ0v) is 32.7. The van der Waals surface area contributed by atoms with Crippen molar-refractivity contribution in [1.29, 1.82) is 0 Å². The lowest BCUT2D eigenvalue weighted by Gasteiger charge is -2.47. The number of carbonyl (C=O) groups excluding carboxylic acids is 3. The Kier molecular flexibility index (Phi) is 17.2. The number of hydrogen-bond acceptors (Lipinski definition) is 13. The first-order valence-corrected chi connectivity index (χ1v) is 19.4. The van der Waals surface area contributed by atoms with Gasteiger partial charge in [-0.05, 0) is 89.3 Å². The topological polar surface area (TPSA) is 180 Å². The van der Waals surface area contributed by atoms with Gasteiger partial charge in [-0.3, -0.25) is 14.6 Å². The third-order valence-corrected chi connectivity index (χ3v) is 10.9. The molecule has 0 bridgehead atoms. The first-order valence-electron chi connectivity index (χ1n) is 19.4. The number of hydrogen-bond donors (Lipinski definition) is 4. The molecule has 2 fully saturated rings. The quantitative estimate of drug-likeness (QED) is 0.183. The second-order valence-corrected chi connectivity index (χ2v) is 15.1. The molecule has 0 spiro atoms. The number of nitrogens with one attached hydrogen (secondary N) is 1. The van der Waals surface area contributed by atoms with Crippen LogP contribution in [0.25, 0.3) is 10.9 Å². The average molecular weight is 759 g/mol. The third kappa shape index (κ3) is 11.7. The molecule has 2 aliphatic heterocycles. The van der Waals surface area contributed by atoms with Crippen LogP contribution in [-0.2, 0) is 39.8 Å². The van der Waals surface area contributed by atoms with E-state index in [0.717, 1.165) is 30.0 Å². The minimum absolute atomic E-state index is 0.00999. The highest BCUT2D eigenvalue weighted by Gasteiger charge is 2.48. The lowest BCUT2D eigenvalue weighted by molar-refractivity contribution is -0.309. The zero-order chi connectivity index (χ0) is 39.4. The lowest BCUT2D eigenvalue weighted by atomic mass is 9.82. The number of carbonyl (C=O) groups is 3. The van der Waals surface area contributed by atoms with E-state index in [9.17, 15) is 29.7 Å². The maximum Gasteiger partial charge on any atom is 0.305 e. The van der Waals surface area contributed by atoms with Crippen molar-refractivity contribution in [1.82, 2.24) is 20.1 Å². The third-order valence-electron chi connectivity index (χ3n) is 10.9. The summed E-state index contributed by atoms with van der Waals surface area (Å²) >= 11 is 0. The van der Waals surface area contributed by atoms with E-state index in [4.69, 9.17) is 18.9 Å². The number of aldehydes is 1. The van der Waals surface area contributed by atoms with Crippen LogP contribution >= 0.6 is 0 Å². The lowest BCUT2D eigenvalue weighted by Crippen LogP contribution is -2.63. The fraction of sp³-hybridized carbons (Fsp3) is 0.700. The van der Waals surface area contributed by atoms with Crippen LogP contribution < -0.4 is 5.32 Å². The first kappa shape index (κ1) is 43.6. The molecule has 11 atom stereocenters. The molecule has 2 saturated heterocycles. The Morgan fingerprint density at radius 2 is 1.89 bits per heavy atom. The van der Waals surface area contributed by atoms with Crippen LogP contribution in [0.15, 0.2) is 36.5 Å². The van der Waals surface area contributed by atoms with Gasteiger partial charge in [-0.15, -0.1) is 0 Å². The molecular formula is C40H62N4O10. The van der Waals surface area contributed by atoms with Crippen LogP contribution in [0.3, 0.4) is 0 Å². The van der Waals surface area contributed by atoms with Gasteiger partial charge in [0.1, 0.15) is 24.6 Å². The molecule has 1 aromatic carbocycles. The fourth-order valence-corrected chi connectivity index (χ4v) is 7.84. The van der Waals surface area contributed by atoms with Gasteiger partial charge in [-0.1, -0.05) is 32.0 Å². The highest BCUT2D eigenvalue weighted by Crippen LogP contribution is 2.34. The largest absolute Gasteiger partial charge is 0.459 e. The Labute approximate surface area is 319 Å². The molecule has 0 saturated carbocycles. The molecule has 2 aliphatic rings. The Morgan fingerprint density at radius 1 is 1.13 bits per heavy atom. The van der Waals surface area contributed by atoms with E-state index in [1.807, 2.05) is 37.4 Å². The van der Waals surface area contributed by atoms with Gasteiger partial charge < -0.3 is 54.2 Å². The van der Waals surface area contributed by atoms with E-state index in [-0.39, 0.29) is 31.1 Å². The Balaban J connectivity index is 1.63. The molecule has 4 N–H and O–H groups in total. The van der Waals surface area contributed by atoms with E-state index in [1.54, 1.807) is 32.8 Å². The second-order valence-electron chi connectivity index (χ2n) is 15.1. The van der Waals surface area contributed by atoms with Gasteiger partial charge >= 0.3 is 5.97 Å². The number of aromatic nitrogens is 1. The number of aliphatic hydroxyl groups is 3. The van der Waals surface area contributed by atoms with Gasteiger partial charge in [0.05, 0.1) is 42.4 Å². The minimum atomic E-state index is -1.31. The van der Waals surface area contributed by atoms with Gasteiger partial charge in [-0.25, -0.2) is 0 Å². The van der Waals surface area contributed by atoms with E-state index >= 15 is 0 Å². The number of para-hydroxylation sites is 1. The van der Waals surface area contributed by atoms with E-state index in [0.29, 0.717) is 39.0 Å². The standard InChI is InChI=1S/C40H62N4O10/c1-7-34(48)53-32-23-33(47)42-17-11-20-44(19-10-12-27-15-18-41-30-14-9-8-13-29(27)30)24-31(46)25(2)22-28(16-21-45)38(39(32)51-6)54-40-37(50)35(43(4)5)36(49)26(3)52-40/h8-9,13-15,18,21,25-26,28,31-32,35-40,46,49-50H,7,10-12,16-17,19-20,22-24H2,1-6H3,(H,42,47)/t25-,26?,28+,31+,32-,35?,36-,37?,38+,39+,40+/m1/s1. The summed E-state index contributed by atoms with van der Waals surface area (Å²) < 4.78 is 24.4. The van der Waals surface area contributed by atoms with Crippen LogP contribution in [0, 0.1) is 11.8 Å².